The van der Waals surface area contributed by atoms with Crippen LogP contribution in [0.25, 0.3) is 0 Å². The van der Waals surface area contributed by atoms with E-state index < -0.39 is 11.9 Å². The van der Waals surface area contributed by atoms with Crippen molar-refractivity contribution >= 4 is 23.9 Å². The van der Waals surface area contributed by atoms with Crippen LogP contribution in [0.5, 0.6) is 23.0 Å². The third-order valence-corrected chi connectivity index (χ3v) is 22.3. The number of hydrogen-bond acceptors (Lipinski definition) is 10. The fraction of sp³-hybridized carbons (Fsp3) is 0.632. The van der Waals surface area contributed by atoms with Gasteiger partial charge in [0.2, 0.25) is 0 Å². The molecule has 0 aliphatic heterocycles. The Morgan fingerprint density at radius 2 is 0.437 bits per heavy atom. The van der Waals surface area contributed by atoms with E-state index >= 15 is 0 Å². The molecule has 8 aliphatic carbocycles. The zero-order valence-electron chi connectivity index (χ0n) is 52.1. The smallest absolute Gasteiger partial charge is 0.545 e. The summed E-state index contributed by atoms with van der Waals surface area (Å²) in [4.78, 5) is 52.9. The monoisotopic (exact) mass is 1220 g/mol. The van der Waals surface area contributed by atoms with Gasteiger partial charge >= 0.3 is 29.3 Å². The third-order valence-electron chi connectivity index (χ3n) is 22.3. The molecule has 4 aromatic rings. The first-order chi connectivity index (χ1) is 42.0. The summed E-state index contributed by atoms with van der Waals surface area (Å²) in [6.45, 7) is 0. The number of carboxylic acid groups (broad SMARTS) is 2. The molecule has 10 nitrogen and oxygen atoms in total. The summed E-state index contributed by atoms with van der Waals surface area (Å²) in [5.74, 6) is 0.657. The number of rotatable bonds is 14. The van der Waals surface area contributed by atoms with Crippen molar-refractivity contribution < 1.29 is 66.4 Å². The molecule has 0 amide bonds. The molecule has 0 atom stereocenters. The number of phenolic OH excluding ortho intramolecular Hbond substituents is 2. The second kappa shape index (κ2) is 31.1. The number of aromatic carboxylic acids is 2. The summed E-state index contributed by atoms with van der Waals surface area (Å²) in [5, 5.41) is 47.6. The number of hydrogen-bond donors (Lipinski definition) is 2. The van der Waals surface area contributed by atoms with Gasteiger partial charge < -0.3 is 39.5 Å². The van der Waals surface area contributed by atoms with Crippen LogP contribution in [0.2, 0.25) is 0 Å². The maximum atomic E-state index is 14.3. The molecule has 0 bridgehead atoms. The van der Waals surface area contributed by atoms with Crippen molar-refractivity contribution in [1.82, 2.24) is 0 Å². The van der Waals surface area contributed by atoms with E-state index in [-0.39, 0.29) is 87.8 Å². The van der Waals surface area contributed by atoms with E-state index in [0.29, 0.717) is 34.1 Å². The van der Waals surface area contributed by atoms with E-state index in [1.54, 1.807) is 24.3 Å². The molecule has 87 heavy (non-hydrogen) atoms. The Morgan fingerprint density at radius 1 is 0.276 bits per heavy atom. The van der Waals surface area contributed by atoms with Gasteiger partial charge in [-0.2, -0.15) is 0 Å². The van der Waals surface area contributed by atoms with E-state index in [1.807, 2.05) is 24.3 Å². The first-order valence-electron chi connectivity index (χ1n) is 34.9. The van der Waals surface area contributed by atoms with Gasteiger partial charge in [-0.15, -0.1) is 0 Å². The van der Waals surface area contributed by atoms with Crippen molar-refractivity contribution in [2.75, 3.05) is 0 Å². The zero-order chi connectivity index (χ0) is 59.5. The van der Waals surface area contributed by atoms with E-state index in [4.69, 9.17) is 9.47 Å². The van der Waals surface area contributed by atoms with Crippen molar-refractivity contribution in [2.24, 2.45) is 0 Å². The fourth-order valence-electron chi connectivity index (χ4n) is 17.5. The van der Waals surface area contributed by atoms with Gasteiger partial charge in [-0.1, -0.05) is 154 Å². The molecule has 8 saturated carbocycles. The second-order valence-corrected chi connectivity index (χ2v) is 28.0. The minimum atomic E-state index is -1.17. The average Bonchev–Trinajstić information content (AvgIpc) is 2.49. The molecule has 0 heterocycles. The summed E-state index contributed by atoms with van der Waals surface area (Å²) in [5.41, 5.74) is 8.59. The summed E-state index contributed by atoms with van der Waals surface area (Å²) >= 11 is 0. The quantitative estimate of drug-likeness (QED) is 0.0914. The molecule has 0 saturated heterocycles. The number of esters is 2. The summed E-state index contributed by atoms with van der Waals surface area (Å²) < 4.78 is 13.0. The molecule has 8 aliphatic rings. The summed E-state index contributed by atoms with van der Waals surface area (Å²) in [6.07, 6.45) is 43.7. The number of aromatic hydroxyl groups is 2. The van der Waals surface area contributed by atoms with Crippen molar-refractivity contribution in [3.8, 4) is 23.0 Å². The molecule has 12 rings (SSSR count). The molecule has 8 fully saturated rings. The molecule has 0 aromatic heterocycles. The Balaban J connectivity index is 0.000000190. The van der Waals surface area contributed by atoms with Crippen LogP contribution in [-0.2, 0) is 17.4 Å². The topological polar surface area (TPSA) is 173 Å². The third kappa shape index (κ3) is 15.7. The van der Waals surface area contributed by atoms with Gasteiger partial charge in [0.1, 0.15) is 23.0 Å². The molecule has 0 spiro atoms. The van der Waals surface area contributed by atoms with Gasteiger partial charge in [-0.25, -0.2) is 9.59 Å². The van der Waals surface area contributed by atoms with Gasteiger partial charge in [0.15, 0.2) is 0 Å². The van der Waals surface area contributed by atoms with Crippen LogP contribution in [0.3, 0.4) is 0 Å². The summed E-state index contributed by atoms with van der Waals surface area (Å²) in [6, 6.07) is 14.6. The van der Waals surface area contributed by atoms with Crippen LogP contribution in [0.15, 0.2) is 48.5 Å². The normalized spacial score (nSPS) is 21.2. The van der Waals surface area contributed by atoms with Gasteiger partial charge in [-0.3, -0.25) is 0 Å². The number of phenols is 2. The van der Waals surface area contributed by atoms with Crippen molar-refractivity contribution in [3.05, 3.63) is 115 Å². The number of benzene rings is 4. The van der Waals surface area contributed by atoms with Crippen LogP contribution in [-0.4, -0.2) is 34.1 Å². The first kappa shape index (κ1) is 64.9. The molecular weight excluding hydrogens is 1120 g/mol. The number of carbonyl (C=O) groups is 4. The molecule has 4 aromatic carbocycles. The van der Waals surface area contributed by atoms with E-state index in [2.05, 4.69) is 0 Å². The summed E-state index contributed by atoms with van der Waals surface area (Å²) in [7, 11) is 0. The molecule has 0 unspecified atom stereocenters. The van der Waals surface area contributed by atoms with E-state index in [0.717, 1.165) is 250 Å². The minimum absolute atomic E-state index is 0. The number of carboxylic acids is 2. The van der Waals surface area contributed by atoms with Gasteiger partial charge in [0.25, 0.3) is 0 Å². The van der Waals surface area contributed by atoms with Crippen molar-refractivity contribution in [2.45, 2.75) is 304 Å². The van der Waals surface area contributed by atoms with E-state index in [9.17, 15) is 39.6 Å². The zero-order valence-corrected chi connectivity index (χ0v) is 53.4. The van der Waals surface area contributed by atoms with Gasteiger partial charge in [-0.05, 0) is 254 Å². The van der Waals surface area contributed by atoms with Crippen LogP contribution >= 0.6 is 0 Å². The number of ether oxygens (including phenoxy) is 2. The predicted molar refractivity (Wildman–Crippen MR) is 334 cm³/mol. The molecule has 468 valence electrons. The number of carbonyl (C=O) groups excluding carboxylic acids is 4. The van der Waals surface area contributed by atoms with Crippen LogP contribution in [0.1, 0.15) is 390 Å². The van der Waals surface area contributed by atoms with Gasteiger partial charge in [0, 0.05) is 0 Å². The van der Waals surface area contributed by atoms with Crippen LogP contribution in [0, 0.1) is 0 Å². The average molecular weight is 1220 g/mol. The van der Waals surface area contributed by atoms with Gasteiger partial charge in [0.05, 0.1) is 23.1 Å². The Morgan fingerprint density at radius 3 is 0.609 bits per heavy atom. The molecule has 2 N–H and O–H groups in total. The van der Waals surface area contributed by atoms with Crippen LogP contribution < -0.4 is 19.7 Å². The Labute approximate surface area is 529 Å². The molecular formula is C76H98CrO10. The SMILES string of the molecule is O=C([O-])c1cc(C2CCCCC2)c(OC(=O)c2cc(C3CCCCC3)c(O)c(C3CCCCC3)c2)c(C2CCCCC2)c1.O=C([O-])c1cc(C2CCCCC2)c(OC(=O)c2cc(C3CCCCC3)c(O)c(C3CCCCC3)c2)c(C2CCCCC2)c1.[Cr+2]. The standard InChI is InChI=1S/2C38H50O5.Cr/c2*39-35-31(25-13-5-1-6-14-25)23-30(24-32(35)26-15-7-2-8-16-26)38(42)43-36-33(27-17-9-3-10-18-27)21-29(37(40)41)22-34(36)28-19-11-4-12-20-28;/h2*21-28,39H,1-20H2,(H,40,41);/q;;+2/p-2. The Hall–Kier alpha value is -5.11. The molecule has 11 heteroatoms. The first-order valence-corrected chi connectivity index (χ1v) is 34.9. The fourth-order valence-corrected chi connectivity index (χ4v) is 17.5. The van der Waals surface area contributed by atoms with E-state index in [1.165, 1.54) is 51.4 Å². The van der Waals surface area contributed by atoms with Crippen LogP contribution in [0.4, 0.5) is 0 Å². The second-order valence-electron chi connectivity index (χ2n) is 28.0. The Bertz CT molecular complexity index is 2630. The maximum absolute atomic E-state index is 14.3. The van der Waals surface area contributed by atoms with Crippen molar-refractivity contribution in [1.29, 1.82) is 0 Å². The Kier molecular flexibility index (Phi) is 23.2. The molecule has 0 radical (unpaired) electrons. The maximum Gasteiger partial charge on any atom is 2.00 e. The largest absolute Gasteiger partial charge is 2.00 e. The predicted octanol–water partition coefficient (Wildman–Crippen LogP) is 18.3. The minimum Gasteiger partial charge on any atom is -0.545 e. The van der Waals surface area contributed by atoms with Crippen molar-refractivity contribution in [3.63, 3.8) is 0 Å².